The third kappa shape index (κ3) is 2.53. The second-order valence-corrected chi connectivity index (χ2v) is 5.89. The highest BCUT2D eigenvalue weighted by Crippen LogP contribution is 2.47. The van der Waals surface area contributed by atoms with Crippen LogP contribution in [0, 0.1) is 5.41 Å². The van der Waals surface area contributed by atoms with Crippen molar-refractivity contribution in [3.8, 4) is 0 Å². The molecule has 0 aliphatic heterocycles. The minimum Gasteiger partial charge on any atom is -0.481 e. The van der Waals surface area contributed by atoms with Crippen molar-refractivity contribution in [1.82, 2.24) is 5.06 Å². The molecule has 0 radical (unpaired) electrons. The van der Waals surface area contributed by atoms with Crippen molar-refractivity contribution in [2.75, 3.05) is 0 Å². The van der Waals surface area contributed by atoms with E-state index in [-0.39, 0.29) is 12.3 Å². The molecule has 0 saturated carbocycles. The number of amides is 1. The van der Waals surface area contributed by atoms with Crippen LogP contribution in [0.1, 0.15) is 43.7 Å². The number of nitrogens with zero attached hydrogens (tertiary/aromatic N) is 1. The first kappa shape index (κ1) is 15.5. The molecule has 2 rings (SSSR count). The van der Waals surface area contributed by atoms with Crippen molar-refractivity contribution in [3.05, 3.63) is 35.4 Å². The lowest BCUT2D eigenvalue weighted by molar-refractivity contribution is -0.183. The van der Waals surface area contributed by atoms with Crippen LogP contribution in [0.25, 0.3) is 0 Å². The quantitative estimate of drug-likeness (QED) is 0.496. The van der Waals surface area contributed by atoms with Gasteiger partial charge in [0.25, 0.3) is 0 Å². The number of carboxylic acid groups (broad SMARTS) is 1. The predicted molar refractivity (Wildman–Crippen MR) is 77.0 cm³/mol. The van der Waals surface area contributed by atoms with E-state index in [2.05, 4.69) is 0 Å². The summed E-state index contributed by atoms with van der Waals surface area (Å²) in [5.41, 5.74) is 0.926. The molecule has 1 unspecified atom stereocenters. The Morgan fingerprint density at radius 3 is 2.76 bits per heavy atom. The fraction of sp³-hybridized carbons (Fsp3) is 0.500. The molecule has 0 heterocycles. The van der Waals surface area contributed by atoms with Crippen molar-refractivity contribution in [2.45, 2.75) is 45.1 Å². The number of hydroxylamine groups is 2. The maximum Gasteiger partial charge on any atom is 0.312 e. The normalized spacial score (nSPS) is 21.8. The topological polar surface area (TPSA) is 77.8 Å². The van der Waals surface area contributed by atoms with Crippen molar-refractivity contribution < 1.29 is 19.9 Å². The van der Waals surface area contributed by atoms with Crippen LogP contribution in [-0.4, -0.2) is 33.8 Å². The van der Waals surface area contributed by atoms with Gasteiger partial charge in [0.1, 0.15) is 0 Å². The summed E-state index contributed by atoms with van der Waals surface area (Å²) in [5, 5.41) is 19.9. The van der Waals surface area contributed by atoms with Crippen LogP contribution >= 0.6 is 0 Å². The Morgan fingerprint density at radius 2 is 2.14 bits per heavy atom. The lowest BCUT2D eigenvalue weighted by Crippen LogP contribution is -2.51. The van der Waals surface area contributed by atoms with Gasteiger partial charge in [-0.3, -0.25) is 14.8 Å². The first-order valence-electron chi connectivity index (χ1n) is 7.16. The lowest BCUT2D eigenvalue weighted by Gasteiger charge is -2.43. The van der Waals surface area contributed by atoms with Crippen molar-refractivity contribution in [3.63, 3.8) is 0 Å². The smallest absolute Gasteiger partial charge is 0.312 e. The van der Waals surface area contributed by atoms with Crippen LogP contribution in [0.15, 0.2) is 24.3 Å². The molecule has 114 valence electrons. The van der Waals surface area contributed by atoms with E-state index in [4.69, 9.17) is 0 Å². The molecule has 0 bridgehead atoms. The van der Waals surface area contributed by atoms with Gasteiger partial charge in [-0.15, -0.1) is 0 Å². The van der Waals surface area contributed by atoms with E-state index < -0.39 is 17.4 Å². The Morgan fingerprint density at radius 1 is 1.48 bits per heavy atom. The summed E-state index contributed by atoms with van der Waals surface area (Å²) < 4.78 is 0. The summed E-state index contributed by atoms with van der Waals surface area (Å²) in [4.78, 5) is 22.8. The summed E-state index contributed by atoms with van der Waals surface area (Å²) in [6.45, 7) is 3.18. The average molecular weight is 291 g/mol. The monoisotopic (exact) mass is 291 g/mol. The van der Waals surface area contributed by atoms with Crippen LogP contribution in [0.2, 0.25) is 0 Å². The van der Waals surface area contributed by atoms with Crippen LogP contribution in [0.3, 0.4) is 0 Å². The van der Waals surface area contributed by atoms with Crippen LogP contribution in [-0.2, 0) is 16.0 Å². The van der Waals surface area contributed by atoms with Crippen molar-refractivity contribution >= 4 is 12.4 Å². The van der Waals surface area contributed by atoms with E-state index in [1.807, 2.05) is 24.3 Å². The molecular weight excluding hydrogens is 270 g/mol. The fourth-order valence-corrected chi connectivity index (χ4v) is 3.36. The summed E-state index contributed by atoms with van der Waals surface area (Å²) in [6, 6.07) is 7.01. The molecule has 1 aliphatic rings. The number of rotatable bonds is 5. The highest BCUT2D eigenvalue weighted by molar-refractivity contribution is 5.77. The molecule has 0 spiro atoms. The van der Waals surface area contributed by atoms with Gasteiger partial charge in [-0.05, 0) is 44.2 Å². The number of aryl methyl sites for hydroxylation is 1. The van der Waals surface area contributed by atoms with Gasteiger partial charge >= 0.3 is 5.97 Å². The number of aliphatic carboxylic acids is 1. The van der Waals surface area contributed by atoms with Gasteiger partial charge in [-0.25, -0.2) is 5.06 Å². The van der Waals surface area contributed by atoms with Gasteiger partial charge in [0.15, 0.2) is 0 Å². The molecule has 5 heteroatoms. The largest absolute Gasteiger partial charge is 0.481 e. The molecule has 1 aliphatic carbocycles. The Kier molecular flexibility index (Phi) is 4.32. The van der Waals surface area contributed by atoms with E-state index in [1.165, 1.54) is 0 Å². The molecule has 3 atom stereocenters. The van der Waals surface area contributed by atoms with Crippen molar-refractivity contribution in [1.29, 1.82) is 0 Å². The third-order valence-corrected chi connectivity index (χ3v) is 4.93. The number of hydrogen-bond acceptors (Lipinski definition) is 3. The maximum atomic E-state index is 11.9. The van der Waals surface area contributed by atoms with E-state index in [1.54, 1.807) is 13.8 Å². The summed E-state index contributed by atoms with van der Waals surface area (Å²) in [6.07, 6.45) is 2.84. The first-order valence-corrected chi connectivity index (χ1v) is 7.16. The Bertz CT molecular complexity index is 545. The zero-order valence-corrected chi connectivity index (χ0v) is 12.3. The van der Waals surface area contributed by atoms with Crippen LogP contribution in [0.4, 0.5) is 0 Å². The Labute approximate surface area is 124 Å². The SMILES string of the molecule is C[C@H](N(O)C=O)[C@](C)(C(=O)O)C1CCCc2ccccc21. The van der Waals surface area contributed by atoms with E-state index in [0.717, 1.165) is 30.4 Å². The molecule has 0 fully saturated rings. The fourth-order valence-electron chi connectivity index (χ4n) is 3.36. The van der Waals surface area contributed by atoms with Crippen LogP contribution < -0.4 is 0 Å². The number of carboxylic acids is 1. The minimum atomic E-state index is -1.24. The van der Waals surface area contributed by atoms with Gasteiger partial charge in [-0.2, -0.15) is 0 Å². The van der Waals surface area contributed by atoms with Gasteiger partial charge in [0.2, 0.25) is 6.41 Å². The van der Waals surface area contributed by atoms with Gasteiger partial charge in [0, 0.05) is 5.92 Å². The molecule has 1 amide bonds. The van der Waals surface area contributed by atoms with Gasteiger partial charge in [-0.1, -0.05) is 24.3 Å². The summed E-state index contributed by atoms with van der Waals surface area (Å²) >= 11 is 0. The molecule has 5 nitrogen and oxygen atoms in total. The second kappa shape index (κ2) is 5.85. The highest BCUT2D eigenvalue weighted by Gasteiger charge is 2.49. The van der Waals surface area contributed by atoms with E-state index in [0.29, 0.717) is 5.06 Å². The number of carbonyl (C=O) groups excluding carboxylic acids is 1. The highest BCUT2D eigenvalue weighted by atomic mass is 16.5. The third-order valence-electron chi connectivity index (χ3n) is 4.93. The zero-order valence-electron chi connectivity index (χ0n) is 12.3. The summed E-state index contributed by atoms with van der Waals surface area (Å²) in [7, 11) is 0. The molecule has 1 aromatic rings. The van der Waals surface area contributed by atoms with Crippen LogP contribution in [0.5, 0.6) is 0 Å². The van der Waals surface area contributed by atoms with E-state index in [9.17, 15) is 19.9 Å². The molecular formula is C16H21NO4. The number of carbonyl (C=O) groups is 2. The number of fused-ring (bicyclic) bond motifs is 1. The molecule has 21 heavy (non-hydrogen) atoms. The first-order chi connectivity index (χ1) is 9.92. The predicted octanol–water partition coefficient (Wildman–Crippen LogP) is 2.43. The second-order valence-electron chi connectivity index (χ2n) is 5.89. The Balaban J connectivity index is 2.49. The summed E-state index contributed by atoms with van der Waals surface area (Å²) in [5.74, 6) is -1.23. The van der Waals surface area contributed by atoms with E-state index >= 15 is 0 Å². The minimum absolute atomic E-state index is 0.232. The van der Waals surface area contributed by atoms with Gasteiger partial charge < -0.3 is 5.11 Å². The lowest BCUT2D eigenvalue weighted by atomic mass is 9.64. The number of benzene rings is 1. The molecule has 2 N–H and O–H groups in total. The number of hydrogen-bond donors (Lipinski definition) is 2. The maximum absolute atomic E-state index is 11.9. The standard InChI is InChI=1S/C16H21NO4/c1-11(17(21)10-18)16(2,15(19)20)14-9-5-7-12-6-3-4-8-13(12)14/h3-4,6,8,10-11,14,21H,5,7,9H2,1-2H3,(H,19,20)/t11-,14?,16-/m0/s1. The van der Waals surface area contributed by atoms with Gasteiger partial charge in [0.05, 0.1) is 11.5 Å². The van der Waals surface area contributed by atoms with Crippen molar-refractivity contribution in [2.24, 2.45) is 5.41 Å². The average Bonchev–Trinajstić information content (AvgIpc) is 2.51. The zero-order chi connectivity index (χ0) is 15.6. The molecule has 0 saturated heterocycles. The molecule has 0 aromatic heterocycles. The Hall–Kier alpha value is -1.88. The molecule has 1 aromatic carbocycles.